The van der Waals surface area contributed by atoms with E-state index in [1.54, 1.807) is 36.5 Å². The number of amides is 1. The lowest BCUT2D eigenvalue weighted by molar-refractivity contribution is 0.102. The van der Waals surface area contributed by atoms with Gasteiger partial charge in [-0.2, -0.15) is 5.10 Å². The van der Waals surface area contributed by atoms with Crippen molar-refractivity contribution >= 4 is 11.7 Å². The lowest BCUT2D eigenvalue weighted by Gasteiger charge is -2.13. The van der Waals surface area contributed by atoms with Crippen molar-refractivity contribution in [1.82, 2.24) is 24.7 Å². The average Bonchev–Trinajstić information content (AvgIpc) is 3.18. The lowest BCUT2D eigenvalue weighted by atomic mass is 9.98. The number of aryl methyl sites for hydroxylation is 1. The number of carbonyl (C=O) groups excluding carboxylic acids is 1. The van der Waals surface area contributed by atoms with Gasteiger partial charge in [-0.05, 0) is 17.5 Å². The molecular formula is C16H18N6O. The number of hydrogen-bond acceptors (Lipinski definition) is 4. The molecule has 0 aliphatic heterocycles. The molecule has 0 aliphatic carbocycles. The Bertz CT molecular complexity index is 819. The van der Waals surface area contributed by atoms with Crippen molar-refractivity contribution in [2.24, 2.45) is 7.05 Å². The summed E-state index contributed by atoms with van der Waals surface area (Å²) in [4.78, 5) is 23.9. The predicted octanol–water partition coefficient (Wildman–Crippen LogP) is 2.58. The highest BCUT2D eigenvalue weighted by atomic mass is 16.1. The van der Waals surface area contributed by atoms with E-state index < -0.39 is 0 Å². The first-order valence-corrected chi connectivity index (χ1v) is 7.34. The van der Waals surface area contributed by atoms with E-state index in [0.29, 0.717) is 11.4 Å². The molecule has 3 rings (SSSR count). The third-order valence-corrected chi connectivity index (χ3v) is 3.52. The molecule has 0 spiro atoms. The number of nitrogens with zero attached hydrogens (tertiary/aromatic N) is 4. The van der Waals surface area contributed by atoms with E-state index in [1.807, 2.05) is 6.07 Å². The zero-order chi connectivity index (χ0) is 16.4. The fourth-order valence-corrected chi connectivity index (χ4v) is 2.35. The molecule has 0 aromatic carbocycles. The van der Waals surface area contributed by atoms with E-state index >= 15 is 0 Å². The molecule has 23 heavy (non-hydrogen) atoms. The van der Waals surface area contributed by atoms with Crippen molar-refractivity contribution in [3.05, 3.63) is 48.2 Å². The number of pyridine rings is 1. The van der Waals surface area contributed by atoms with Crippen LogP contribution in [0.5, 0.6) is 0 Å². The van der Waals surface area contributed by atoms with Gasteiger partial charge in [0.05, 0.1) is 11.8 Å². The van der Waals surface area contributed by atoms with Crippen LogP contribution >= 0.6 is 0 Å². The van der Waals surface area contributed by atoms with Gasteiger partial charge in [-0.25, -0.2) is 9.97 Å². The van der Waals surface area contributed by atoms with E-state index in [2.05, 4.69) is 39.2 Å². The van der Waals surface area contributed by atoms with Crippen LogP contribution in [0, 0.1) is 0 Å². The largest absolute Gasteiger partial charge is 0.345 e. The lowest BCUT2D eigenvalue weighted by Crippen LogP contribution is -2.13. The molecule has 0 radical (unpaired) electrons. The van der Waals surface area contributed by atoms with Gasteiger partial charge < -0.3 is 10.3 Å². The smallest absolute Gasteiger partial charge is 0.260 e. The van der Waals surface area contributed by atoms with Gasteiger partial charge in [-0.15, -0.1) is 0 Å². The van der Waals surface area contributed by atoms with Crippen LogP contribution in [0.4, 0.5) is 5.82 Å². The van der Waals surface area contributed by atoms with E-state index in [4.69, 9.17) is 0 Å². The van der Waals surface area contributed by atoms with Crippen molar-refractivity contribution < 1.29 is 4.79 Å². The fourth-order valence-electron chi connectivity index (χ4n) is 2.35. The third-order valence-electron chi connectivity index (χ3n) is 3.52. The van der Waals surface area contributed by atoms with E-state index in [0.717, 1.165) is 17.0 Å². The molecule has 0 atom stereocenters. The maximum Gasteiger partial charge on any atom is 0.260 e. The minimum Gasteiger partial charge on any atom is -0.345 e. The molecule has 118 valence electrons. The molecule has 0 aliphatic rings. The van der Waals surface area contributed by atoms with Crippen molar-refractivity contribution in [3.63, 3.8) is 0 Å². The number of aromatic amines is 1. The third kappa shape index (κ3) is 3.13. The first-order valence-electron chi connectivity index (χ1n) is 7.34. The SMILES string of the molecule is CC(C)c1cc(NC(=O)c2cnn(C)c2)ncc1-c1ncc[nH]1. The van der Waals surface area contributed by atoms with Gasteiger partial charge >= 0.3 is 0 Å². The highest BCUT2D eigenvalue weighted by molar-refractivity contribution is 6.03. The van der Waals surface area contributed by atoms with E-state index in [9.17, 15) is 4.79 Å². The van der Waals surface area contributed by atoms with E-state index in [-0.39, 0.29) is 11.8 Å². The minimum atomic E-state index is -0.231. The van der Waals surface area contributed by atoms with Crippen LogP contribution in [0.1, 0.15) is 35.7 Å². The first kappa shape index (κ1) is 15.0. The van der Waals surface area contributed by atoms with Crippen LogP contribution in [-0.4, -0.2) is 30.6 Å². The van der Waals surface area contributed by atoms with Gasteiger partial charge in [0.2, 0.25) is 0 Å². The second kappa shape index (κ2) is 6.04. The van der Waals surface area contributed by atoms with Crippen LogP contribution < -0.4 is 5.32 Å². The molecule has 3 heterocycles. The molecule has 0 fully saturated rings. The summed E-state index contributed by atoms with van der Waals surface area (Å²) < 4.78 is 1.59. The normalized spacial score (nSPS) is 11.0. The monoisotopic (exact) mass is 310 g/mol. The number of hydrogen-bond donors (Lipinski definition) is 2. The topological polar surface area (TPSA) is 88.5 Å². The molecule has 0 saturated heterocycles. The summed E-state index contributed by atoms with van der Waals surface area (Å²) in [5.41, 5.74) is 2.50. The van der Waals surface area contributed by atoms with Gasteiger partial charge in [0.1, 0.15) is 11.6 Å². The van der Waals surface area contributed by atoms with Gasteiger partial charge in [0.15, 0.2) is 0 Å². The Morgan fingerprint density at radius 2 is 2.13 bits per heavy atom. The molecule has 0 saturated carbocycles. The Kier molecular flexibility index (Phi) is 3.92. The van der Waals surface area contributed by atoms with Gasteiger partial charge in [0.25, 0.3) is 5.91 Å². The molecular weight excluding hydrogens is 292 g/mol. The molecule has 1 amide bonds. The molecule has 0 bridgehead atoms. The zero-order valence-corrected chi connectivity index (χ0v) is 13.2. The molecule has 7 nitrogen and oxygen atoms in total. The number of nitrogens with one attached hydrogen (secondary N) is 2. The summed E-state index contributed by atoms with van der Waals surface area (Å²) >= 11 is 0. The highest BCUT2D eigenvalue weighted by Gasteiger charge is 2.14. The Morgan fingerprint density at radius 3 is 2.74 bits per heavy atom. The molecule has 2 N–H and O–H groups in total. The summed E-state index contributed by atoms with van der Waals surface area (Å²) in [5, 5.41) is 6.80. The van der Waals surface area contributed by atoms with Crippen molar-refractivity contribution in [3.8, 4) is 11.4 Å². The minimum absolute atomic E-state index is 0.231. The molecule has 3 aromatic heterocycles. The summed E-state index contributed by atoms with van der Waals surface area (Å²) in [7, 11) is 1.77. The second-order valence-corrected chi connectivity index (χ2v) is 5.61. The van der Waals surface area contributed by atoms with Crippen LogP contribution in [0.2, 0.25) is 0 Å². The van der Waals surface area contributed by atoms with Crippen molar-refractivity contribution in [2.45, 2.75) is 19.8 Å². The first-order chi connectivity index (χ1) is 11.0. The summed E-state index contributed by atoms with van der Waals surface area (Å²) in [6.07, 6.45) is 8.40. The number of H-pyrrole nitrogens is 1. The Morgan fingerprint density at radius 1 is 1.30 bits per heavy atom. The second-order valence-electron chi connectivity index (χ2n) is 5.61. The maximum atomic E-state index is 12.2. The average molecular weight is 310 g/mol. The van der Waals surface area contributed by atoms with Gasteiger partial charge in [-0.3, -0.25) is 9.48 Å². The van der Waals surface area contributed by atoms with E-state index in [1.165, 1.54) is 6.20 Å². The highest BCUT2D eigenvalue weighted by Crippen LogP contribution is 2.28. The molecule has 7 heteroatoms. The zero-order valence-electron chi connectivity index (χ0n) is 13.2. The summed E-state index contributed by atoms with van der Waals surface area (Å²) in [6, 6.07) is 1.89. The van der Waals surface area contributed by atoms with Gasteiger partial charge in [-0.1, -0.05) is 13.8 Å². The van der Waals surface area contributed by atoms with Crippen molar-refractivity contribution in [1.29, 1.82) is 0 Å². The number of anilines is 1. The Hall–Kier alpha value is -2.96. The fraction of sp³-hybridized carbons (Fsp3) is 0.250. The van der Waals surface area contributed by atoms with Gasteiger partial charge in [0, 0.05) is 37.4 Å². The molecule has 3 aromatic rings. The number of imidazole rings is 1. The summed E-state index contributed by atoms with van der Waals surface area (Å²) in [5.74, 6) is 1.32. The van der Waals surface area contributed by atoms with Crippen LogP contribution in [0.25, 0.3) is 11.4 Å². The van der Waals surface area contributed by atoms with Crippen LogP contribution in [0.3, 0.4) is 0 Å². The number of rotatable bonds is 4. The van der Waals surface area contributed by atoms with Crippen LogP contribution in [0.15, 0.2) is 37.1 Å². The number of aromatic nitrogens is 5. The summed E-state index contributed by atoms with van der Waals surface area (Å²) in [6.45, 7) is 4.18. The molecule has 0 unspecified atom stereocenters. The quantitative estimate of drug-likeness (QED) is 0.775. The van der Waals surface area contributed by atoms with Crippen LogP contribution in [-0.2, 0) is 7.05 Å². The maximum absolute atomic E-state index is 12.2. The van der Waals surface area contributed by atoms with Crippen molar-refractivity contribution in [2.75, 3.05) is 5.32 Å². The predicted molar refractivity (Wildman–Crippen MR) is 87.1 cm³/mol. The number of carbonyl (C=O) groups is 1. The standard InChI is InChI=1S/C16H18N6O/c1-10(2)12-6-14(19-8-13(12)15-17-4-5-18-15)21-16(23)11-7-20-22(3)9-11/h4-10H,1-3H3,(H,17,18)(H,19,21,23). The Labute approximate surface area is 133 Å². The Balaban J connectivity index is 1.89.